The third-order valence-corrected chi connectivity index (χ3v) is 6.32. The lowest BCUT2D eigenvalue weighted by Gasteiger charge is -2.31. The van der Waals surface area contributed by atoms with Crippen LogP contribution in [0.1, 0.15) is 45.1 Å². The number of thioether (sulfide) groups is 1. The molecule has 3 heterocycles. The van der Waals surface area contributed by atoms with Crippen molar-refractivity contribution in [2.24, 2.45) is 5.92 Å². The van der Waals surface area contributed by atoms with Gasteiger partial charge in [-0.25, -0.2) is 0 Å². The minimum absolute atomic E-state index is 0.140. The molecule has 1 aliphatic heterocycles. The molecule has 1 saturated heterocycles. The van der Waals surface area contributed by atoms with Crippen molar-refractivity contribution < 1.29 is 9.53 Å². The molecule has 2 fully saturated rings. The van der Waals surface area contributed by atoms with Crippen LogP contribution >= 0.6 is 11.8 Å². The van der Waals surface area contributed by atoms with Crippen molar-refractivity contribution in [3.8, 4) is 11.4 Å². The van der Waals surface area contributed by atoms with Crippen LogP contribution in [0.4, 0.5) is 0 Å². The highest BCUT2D eigenvalue weighted by Gasteiger charge is 2.33. The van der Waals surface area contributed by atoms with Gasteiger partial charge in [-0.15, -0.1) is 10.2 Å². The Kier molecular flexibility index (Phi) is 4.74. The second kappa shape index (κ2) is 7.15. The van der Waals surface area contributed by atoms with E-state index < -0.39 is 0 Å². The number of ether oxygens (including phenoxy) is 1. The fourth-order valence-corrected chi connectivity index (χ4v) is 4.80. The Balaban J connectivity index is 1.73. The molecule has 2 aromatic rings. The standard InChI is InChI=1S/C18H22N4O2S/c1-12-5-2-3-7-14(12)22-16(13-6-4-9-19-11-13)20-21-18(22)25-15-8-10-24-17(15)23/h4,6,9,11-12,14-15H,2-3,5,7-8,10H2,1H3/t12-,14+,15+/m1/s1. The Morgan fingerprint density at radius 2 is 2.12 bits per heavy atom. The summed E-state index contributed by atoms with van der Waals surface area (Å²) in [5.41, 5.74) is 0.966. The highest BCUT2D eigenvalue weighted by Crippen LogP contribution is 2.40. The first-order chi connectivity index (χ1) is 12.2. The number of hydrogen-bond donors (Lipinski definition) is 0. The first-order valence-corrected chi connectivity index (χ1v) is 9.80. The molecule has 0 spiro atoms. The molecule has 1 saturated carbocycles. The highest BCUT2D eigenvalue weighted by atomic mass is 32.2. The molecule has 0 N–H and O–H groups in total. The van der Waals surface area contributed by atoms with Crippen molar-refractivity contribution in [1.82, 2.24) is 19.7 Å². The van der Waals surface area contributed by atoms with Crippen LogP contribution in [0.2, 0.25) is 0 Å². The van der Waals surface area contributed by atoms with Gasteiger partial charge in [0.05, 0.1) is 6.61 Å². The Morgan fingerprint density at radius 1 is 1.24 bits per heavy atom. The molecule has 0 aromatic carbocycles. The number of pyridine rings is 1. The van der Waals surface area contributed by atoms with E-state index in [1.165, 1.54) is 31.0 Å². The van der Waals surface area contributed by atoms with E-state index in [0.29, 0.717) is 18.6 Å². The lowest BCUT2D eigenvalue weighted by Crippen LogP contribution is -2.23. The van der Waals surface area contributed by atoms with E-state index in [2.05, 4.69) is 26.7 Å². The van der Waals surface area contributed by atoms with Crippen LogP contribution in [0.15, 0.2) is 29.7 Å². The van der Waals surface area contributed by atoms with E-state index in [-0.39, 0.29) is 11.2 Å². The minimum Gasteiger partial charge on any atom is -0.465 e. The maximum absolute atomic E-state index is 11.9. The zero-order valence-corrected chi connectivity index (χ0v) is 15.1. The summed E-state index contributed by atoms with van der Waals surface area (Å²) in [6.45, 7) is 2.80. The molecule has 0 amide bonds. The number of hydrogen-bond acceptors (Lipinski definition) is 6. The molecule has 7 heteroatoms. The predicted molar refractivity (Wildman–Crippen MR) is 95.1 cm³/mol. The molecule has 4 rings (SSSR count). The maximum Gasteiger partial charge on any atom is 0.319 e. The van der Waals surface area contributed by atoms with Gasteiger partial charge in [0.15, 0.2) is 11.0 Å². The fraction of sp³-hybridized carbons (Fsp3) is 0.556. The predicted octanol–water partition coefficient (Wildman–Crippen LogP) is 3.50. The number of carbonyl (C=O) groups is 1. The molecule has 6 nitrogen and oxygen atoms in total. The summed E-state index contributed by atoms with van der Waals surface area (Å²) in [6.07, 6.45) is 9.15. The van der Waals surface area contributed by atoms with Gasteiger partial charge in [-0.05, 0) is 30.9 Å². The molecule has 0 bridgehead atoms. The average molecular weight is 358 g/mol. The number of esters is 1. The van der Waals surface area contributed by atoms with E-state index in [1.54, 1.807) is 6.20 Å². The molecule has 2 aromatic heterocycles. The average Bonchev–Trinajstić information content (AvgIpc) is 3.23. The first-order valence-electron chi connectivity index (χ1n) is 8.92. The van der Waals surface area contributed by atoms with Crippen molar-refractivity contribution in [3.63, 3.8) is 0 Å². The normalized spacial score (nSPS) is 26.6. The van der Waals surface area contributed by atoms with Gasteiger partial charge in [0.1, 0.15) is 5.25 Å². The maximum atomic E-state index is 11.9. The lowest BCUT2D eigenvalue weighted by atomic mass is 9.85. The number of rotatable bonds is 4. The van der Waals surface area contributed by atoms with E-state index >= 15 is 0 Å². The summed E-state index contributed by atoms with van der Waals surface area (Å²) in [4.78, 5) is 16.1. The van der Waals surface area contributed by atoms with Crippen LogP contribution in [0.5, 0.6) is 0 Å². The van der Waals surface area contributed by atoms with Gasteiger partial charge < -0.3 is 4.74 Å². The quantitative estimate of drug-likeness (QED) is 0.779. The second-order valence-corrected chi connectivity index (χ2v) is 7.98. The van der Waals surface area contributed by atoms with Crippen molar-refractivity contribution in [3.05, 3.63) is 24.5 Å². The largest absolute Gasteiger partial charge is 0.465 e. The van der Waals surface area contributed by atoms with Crippen LogP contribution in [0.3, 0.4) is 0 Å². The lowest BCUT2D eigenvalue weighted by molar-refractivity contribution is -0.137. The van der Waals surface area contributed by atoms with Crippen LogP contribution in [0.25, 0.3) is 11.4 Å². The van der Waals surface area contributed by atoms with Gasteiger partial charge >= 0.3 is 5.97 Å². The molecule has 25 heavy (non-hydrogen) atoms. The van der Waals surface area contributed by atoms with Crippen molar-refractivity contribution >= 4 is 17.7 Å². The van der Waals surface area contributed by atoms with Crippen molar-refractivity contribution in [2.45, 2.75) is 55.5 Å². The monoisotopic (exact) mass is 358 g/mol. The zero-order valence-electron chi connectivity index (χ0n) is 14.3. The molecule has 0 unspecified atom stereocenters. The Labute approximate surface area is 151 Å². The van der Waals surface area contributed by atoms with E-state index in [0.717, 1.165) is 29.4 Å². The van der Waals surface area contributed by atoms with Crippen molar-refractivity contribution in [1.29, 1.82) is 0 Å². The van der Waals surface area contributed by atoms with Crippen molar-refractivity contribution in [2.75, 3.05) is 6.61 Å². The zero-order chi connectivity index (χ0) is 17.2. The first kappa shape index (κ1) is 16.6. The number of nitrogens with zero attached hydrogens (tertiary/aromatic N) is 4. The summed E-state index contributed by atoms with van der Waals surface area (Å²) < 4.78 is 7.36. The number of aromatic nitrogens is 4. The molecule has 132 valence electrons. The van der Waals surface area contributed by atoms with Gasteiger partial charge in [0, 0.05) is 30.4 Å². The topological polar surface area (TPSA) is 69.9 Å². The van der Waals surface area contributed by atoms with Crippen LogP contribution in [-0.4, -0.2) is 37.6 Å². The number of cyclic esters (lactones) is 1. The van der Waals surface area contributed by atoms with Gasteiger partial charge in [-0.2, -0.15) is 0 Å². The third-order valence-electron chi connectivity index (χ3n) is 5.12. The van der Waals surface area contributed by atoms with Gasteiger partial charge in [0.25, 0.3) is 0 Å². The van der Waals surface area contributed by atoms with Gasteiger partial charge in [-0.3, -0.25) is 14.3 Å². The van der Waals surface area contributed by atoms with E-state index in [4.69, 9.17) is 4.74 Å². The summed E-state index contributed by atoms with van der Waals surface area (Å²) >= 11 is 1.49. The van der Waals surface area contributed by atoms with Crippen LogP contribution in [0, 0.1) is 5.92 Å². The molecular weight excluding hydrogens is 336 g/mol. The summed E-state index contributed by atoms with van der Waals surface area (Å²) in [7, 11) is 0. The Hall–Kier alpha value is -1.89. The molecule has 0 radical (unpaired) electrons. The SMILES string of the molecule is C[C@@H]1CCCC[C@@H]1n1c(S[C@H]2CCOC2=O)nnc1-c1cccnc1. The fourth-order valence-electron chi connectivity index (χ4n) is 3.74. The summed E-state index contributed by atoms with van der Waals surface area (Å²) in [6, 6.07) is 4.29. The highest BCUT2D eigenvalue weighted by molar-refractivity contribution is 8.00. The summed E-state index contributed by atoms with van der Waals surface area (Å²) in [5, 5.41) is 9.55. The minimum atomic E-state index is -0.177. The Morgan fingerprint density at radius 3 is 2.84 bits per heavy atom. The number of carbonyl (C=O) groups excluding carboxylic acids is 1. The van der Waals surface area contributed by atoms with Crippen LogP contribution < -0.4 is 0 Å². The second-order valence-electron chi connectivity index (χ2n) is 6.81. The Bertz CT molecular complexity index is 749. The van der Waals surface area contributed by atoms with Gasteiger partial charge in [0.2, 0.25) is 0 Å². The van der Waals surface area contributed by atoms with E-state index in [1.807, 2.05) is 18.3 Å². The molecule has 1 aliphatic carbocycles. The van der Waals surface area contributed by atoms with E-state index in [9.17, 15) is 4.79 Å². The smallest absolute Gasteiger partial charge is 0.319 e. The summed E-state index contributed by atoms with van der Waals surface area (Å²) in [5.74, 6) is 1.27. The molecular formula is C18H22N4O2S. The molecule has 2 aliphatic rings. The third kappa shape index (κ3) is 3.29. The van der Waals surface area contributed by atoms with Crippen LogP contribution in [-0.2, 0) is 9.53 Å². The molecule has 3 atom stereocenters. The van der Waals surface area contributed by atoms with Gasteiger partial charge in [-0.1, -0.05) is 31.5 Å².